The number of ether oxygens (including phenoxy) is 2. The van der Waals surface area contributed by atoms with E-state index in [0.717, 1.165) is 11.1 Å². The van der Waals surface area contributed by atoms with Crippen molar-refractivity contribution in [3.05, 3.63) is 71.7 Å². The number of fused-ring (bicyclic) bond motifs is 1. The van der Waals surface area contributed by atoms with Crippen LogP contribution < -0.4 is 14.8 Å². The molecule has 2 aliphatic rings. The number of amides is 2. The molecule has 1 fully saturated rings. The molecule has 0 saturated carbocycles. The highest BCUT2D eigenvalue weighted by Gasteiger charge is 2.36. The summed E-state index contributed by atoms with van der Waals surface area (Å²) in [5.74, 6) is 1.08. The largest absolute Gasteiger partial charge is 0.454 e. The molecule has 9 heteroatoms. The highest BCUT2D eigenvalue weighted by Crippen LogP contribution is 2.33. The maximum absolute atomic E-state index is 13.1. The van der Waals surface area contributed by atoms with E-state index in [0.29, 0.717) is 43.2 Å². The summed E-state index contributed by atoms with van der Waals surface area (Å²) >= 11 is 0. The van der Waals surface area contributed by atoms with E-state index >= 15 is 0 Å². The Bertz CT molecular complexity index is 1160. The van der Waals surface area contributed by atoms with Crippen molar-refractivity contribution in [2.24, 2.45) is 0 Å². The molecule has 32 heavy (non-hydrogen) atoms. The zero-order chi connectivity index (χ0) is 22.1. The Hall–Kier alpha value is -3.88. The van der Waals surface area contributed by atoms with Crippen LogP contribution in [0.2, 0.25) is 0 Å². The van der Waals surface area contributed by atoms with Crippen LogP contribution in [0.15, 0.2) is 54.7 Å². The summed E-state index contributed by atoms with van der Waals surface area (Å²) in [4.78, 5) is 27.0. The summed E-state index contributed by atoms with van der Waals surface area (Å²) in [6.45, 7) is 0.946. The number of aromatic nitrogens is 2. The lowest BCUT2D eigenvalue weighted by Crippen LogP contribution is -2.41. The number of hydrogen-bond acceptors (Lipinski definition) is 5. The highest BCUT2D eigenvalue weighted by molar-refractivity contribution is 5.98. The van der Waals surface area contributed by atoms with Crippen molar-refractivity contribution in [2.75, 3.05) is 12.1 Å². The number of hydrogen-bond donors (Lipinski definition) is 1. The van der Waals surface area contributed by atoms with Gasteiger partial charge in [-0.1, -0.05) is 18.2 Å². The predicted octanol–water partition coefficient (Wildman–Crippen LogP) is 2.93. The molecule has 0 bridgehead atoms. The lowest BCUT2D eigenvalue weighted by molar-refractivity contribution is -0.133. The average Bonchev–Trinajstić information content (AvgIpc) is 3.51. The molecule has 2 aliphatic heterocycles. The summed E-state index contributed by atoms with van der Waals surface area (Å²) in [5.41, 5.74) is 1.76. The van der Waals surface area contributed by atoms with Gasteiger partial charge in [0.25, 0.3) is 0 Å². The van der Waals surface area contributed by atoms with Crippen molar-refractivity contribution >= 4 is 17.6 Å². The van der Waals surface area contributed by atoms with Gasteiger partial charge in [0.15, 0.2) is 17.3 Å². The molecule has 3 heterocycles. The monoisotopic (exact) mass is 436 g/mol. The second-order valence-corrected chi connectivity index (χ2v) is 7.78. The molecule has 8 nitrogen and oxygen atoms in total. The topological polar surface area (TPSA) is 85.7 Å². The summed E-state index contributed by atoms with van der Waals surface area (Å²) in [7, 11) is 0. The number of anilines is 1. The normalized spacial score (nSPS) is 17.1. The van der Waals surface area contributed by atoms with Crippen LogP contribution in [0.1, 0.15) is 24.0 Å². The summed E-state index contributed by atoms with van der Waals surface area (Å²) in [6, 6.07) is 12.8. The Labute approximate surface area is 183 Å². The molecule has 0 aliphatic carbocycles. The Morgan fingerprint density at radius 1 is 1.06 bits per heavy atom. The number of carbonyl (C=O) groups is 2. The van der Waals surface area contributed by atoms with E-state index in [9.17, 15) is 14.0 Å². The Morgan fingerprint density at radius 2 is 1.84 bits per heavy atom. The van der Waals surface area contributed by atoms with E-state index in [1.165, 1.54) is 12.1 Å². The smallest absolute Gasteiger partial charge is 0.248 e. The van der Waals surface area contributed by atoms with Crippen LogP contribution in [0.25, 0.3) is 0 Å². The molecule has 0 spiro atoms. The van der Waals surface area contributed by atoms with Crippen molar-refractivity contribution < 1.29 is 23.5 Å². The molecular weight excluding hydrogens is 415 g/mol. The van der Waals surface area contributed by atoms with Gasteiger partial charge in [-0.2, -0.15) is 5.10 Å². The first-order valence-corrected chi connectivity index (χ1v) is 10.3. The van der Waals surface area contributed by atoms with Crippen LogP contribution in [-0.4, -0.2) is 39.3 Å². The van der Waals surface area contributed by atoms with Crippen LogP contribution in [0.3, 0.4) is 0 Å². The Balaban J connectivity index is 1.24. The van der Waals surface area contributed by atoms with Gasteiger partial charge < -0.3 is 19.7 Å². The van der Waals surface area contributed by atoms with Gasteiger partial charge in [-0.15, -0.1) is 0 Å². The minimum absolute atomic E-state index is 0.0651. The van der Waals surface area contributed by atoms with Gasteiger partial charge in [-0.05, 0) is 41.8 Å². The first-order chi connectivity index (χ1) is 15.5. The maximum Gasteiger partial charge on any atom is 0.248 e. The third-order valence-electron chi connectivity index (χ3n) is 5.57. The van der Waals surface area contributed by atoms with Gasteiger partial charge in [-0.25, -0.2) is 4.39 Å². The van der Waals surface area contributed by atoms with Crippen molar-refractivity contribution in [3.8, 4) is 11.5 Å². The van der Waals surface area contributed by atoms with E-state index in [-0.39, 0.29) is 24.4 Å². The Morgan fingerprint density at radius 3 is 2.69 bits per heavy atom. The molecule has 1 N–H and O–H groups in total. The number of rotatable bonds is 6. The number of likely N-dealkylation sites (tertiary alicyclic amines) is 1. The van der Waals surface area contributed by atoms with Crippen molar-refractivity contribution in [1.82, 2.24) is 14.7 Å². The van der Waals surface area contributed by atoms with Crippen LogP contribution in [0, 0.1) is 5.82 Å². The highest BCUT2D eigenvalue weighted by atomic mass is 19.1. The molecule has 1 aromatic heterocycles. The van der Waals surface area contributed by atoms with Gasteiger partial charge in [0.1, 0.15) is 11.9 Å². The number of benzene rings is 2. The molecule has 1 unspecified atom stereocenters. The zero-order valence-electron chi connectivity index (χ0n) is 17.2. The predicted molar refractivity (Wildman–Crippen MR) is 112 cm³/mol. The van der Waals surface area contributed by atoms with Crippen molar-refractivity contribution in [1.29, 1.82) is 0 Å². The summed E-state index contributed by atoms with van der Waals surface area (Å²) in [6.07, 6.45) is 2.51. The van der Waals surface area contributed by atoms with Gasteiger partial charge in [0, 0.05) is 25.2 Å². The van der Waals surface area contributed by atoms with Gasteiger partial charge >= 0.3 is 0 Å². The van der Waals surface area contributed by atoms with Gasteiger partial charge in [0.05, 0.1) is 6.54 Å². The molecular formula is C23H21FN4O4. The third kappa shape index (κ3) is 4.14. The minimum atomic E-state index is -0.574. The lowest BCUT2D eigenvalue weighted by atomic mass is 10.1. The third-order valence-corrected chi connectivity index (χ3v) is 5.57. The van der Waals surface area contributed by atoms with Crippen molar-refractivity contribution in [3.63, 3.8) is 0 Å². The molecule has 1 saturated heterocycles. The van der Waals surface area contributed by atoms with Crippen LogP contribution in [0.5, 0.6) is 11.5 Å². The first kappa shape index (κ1) is 20.0. The fourth-order valence-corrected chi connectivity index (χ4v) is 3.94. The quantitative estimate of drug-likeness (QED) is 0.642. The lowest BCUT2D eigenvalue weighted by Gasteiger charge is -2.24. The van der Waals surface area contributed by atoms with Crippen molar-refractivity contribution in [2.45, 2.75) is 32.0 Å². The second-order valence-electron chi connectivity index (χ2n) is 7.78. The molecule has 1 atom stereocenters. The molecule has 2 aromatic carbocycles. The zero-order valence-corrected chi connectivity index (χ0v) is 17.2. The SMILES string of the molecule is O=C(Nc1ccn(Cc2ccc(F)cc2)n1)C1CCC(=O)N1Cc1ccc2c(c1)OCO2. The van der Waals surface area contributed by atoms with Crippen LogP contribution in [0.4, 0.5) is 10.2 Å². The van der Waals surface area contributed by atoms with Crippen LogP contribution >= 0.6 is 0 Å². The second kappa shape index (κ2) is 8.33. The molecule has 5 rings (SSSR count). The van der Waals surface area contributed by atoms with E-state index in [1.54, 1.807) is 40.0 Å². The maximum atomic E-state index is 13.1. The van der Waals surface area contributed by atoms with Gasteiger partial charge in [0.2, 0.25) is 18.6 Å². The molecule has 164 valence electrons. The first-order valence-electron chi connectivity index (χ1n) is 10.3. The van der Waals surface area contributed by atoms with E-state index in [1.807, 2.05) is 12.1 Å². The minimum Gasteiger partial charge on any atom is -0.454 e. The van der Waals surface area contributed by atoms with E-state index in [2.05, 4.69) is 10.4 Å². The Kier molecular flexibility index (Phi) is 5.22. The number of nitrogens with one attached hydrogen (secondary N) is 1. The molecule has 3 aromatic rings. The summed E-state index contributed by atoms with van der Waals surface area (Å²) < 4.78 is 25.4. The van der Waals surface area contributed by atoms with Gasteiger partial charge in [-0.3, -0.25) is 14.3 Å². The average molecular weight is 436 g/mol. The molecule has 2 amide bonds. The standard InChI is InChI=1S/C23H21FN4O4/c24-17-4-1-15(2-5-17)12-27-10-9-21(26-27)25-23(30)18-6-8-22(29)28(18)13-16-3-7-19-20(11-16)32-14-31-19/h1-5,7,9-11,18H,6,8,12-14H2,(H,25,26,30). The fraction of sp³-hybridized carbons (Fsp3) is 0.261. The van der Waals surface area contributed by atoms with E-state index < -0.39 is 6.04 Å². The van der Waals surface area contributed by atoms with Crippen LogP contribution in [-0.2, 0) is 22.7 Å². The number of halogens is 1. The molecule has 0 radical (unpaired) electrons. The number of carbonyl (C=O) groups excluding carboxylic acids is 2. The number of nitrogens with zero attached hydrogens (tertiary/aromatic N) is 3. The fourth-order valence-electron chi connectivity index (χ4n) is 3.94. The van der Waals surface area contributed by atoms with E-state index in [4.69, 9.17) is 9.47 Å². The summed E-state index contributed by atoms with van der Waals surface area (Å²) in [5, 5.41) is 7.17.